The van der Waals surface area contributed by atoms with E-state index < -0.39 is 27.8 Å². The standard InChI is InChI=1S/C22H18FN3O5S/c23-16-7-11-18(12-8-16)32(29,30)25-17-9-5-15(6-10-17)21(27)24-19-3-1-2-4-20(19)26-13-14-31-22(26)28/h1-12,25H,13-14H2,(H,24,27). The molecule has 0 aliphatic carbocycles. The molecule has 0 unspecified atom stereocenters. The molecule has 164 valence electrons. The monoisotopic (exact) mass is 455 g/mol. The maximum absolute atomic E-state index is 13.0. The third kappa shape index (κ3) is 4.54. The predicted octanol–water partition coefficient (Wildman–Crippen LogP) is 3.84. The molecule has 1 aliphatic heterocycles. The third-order valence-electron chi connectivity index (χ3n) is 4.73. The average Bonchev–Trinajstić information content (AvgIpc) is 3.20. The van der Waals surface area contributed by atoms with Gasteiger partial charge in [-0.2, -0.15) is 0 Å². The summed E-state index contributed by atoms with van der Waals surface area (Å²) in [5.74, 6) is -0.972. The van der Waals surface area contributed by atoms with Crippen LogP contribution in [0, 0.1) is 5.82 Å². The highest BCUT2D eigenvalue weighted by Gasteiger charge is 2.26. The van der Waals surface area contributed by atoms with E-state index in [1.54, 1.807) is 24.3 Å². The Balaban J connectivity index is 1.47. The summed E-state index contributed by atoms with van der Waals surface area (Å²) in [6.45, 7) is 0.658. The van der Waals surface area contributed by atoms with E-state index in [1.165, 1.54) is 29.2 Å². The quantitative estimate of drug-likeness (QED) is 0.588. The molecule has 32 heavy (non-hydrogen) atoms. The molecule has 4 rings (SSSR count). The van der Waals surface area contributed by atoms with E-state index in [0.717, 1.165) is 24.3 Å². The normalized spacial score (nSPS) is 13.5. The molecule has 0 spiro atoms. The molecule has 0 bridgehead atoms. The summed E-state index contributed by atoms with van der Waals surface area (Å²) in [6.07, 6.45) is -0.482. The van der Waals surface area contributed by atoms with Crippen molar-refractivity contribution < 1.29 is 27.1 Å². The molecule has 1 saturated heterocycles. The maximum Gasteiger partial charge on any atom is 0.414 e. The minimum absolute atomic E-state index is 0.0854. The van der Waals surface area contributed by atoms with Gasteiger partial charge in [0.05, 0.1) is 22.8 Å². The van der Waals surface area contributed by atoms with Crippen molar-refractivity contribution in [2.45, 2.75) is 4.90 Å². The largest absolute Gasteiger partial charge is 0.447 e. The summed E-state index contributed by atoms with van der Waals surface area (Å²) in [5, 5.41) is 2.76. The number of nitrogens with zero attached hydrogens (tertiary/aromatic N) is 1. The van der Waals surface area contributed by atoms with Crippen LogP contribution in [0.3, 0.4) is 0 Å². The maximum atomic E-state index is 13.0. The fourth-order valence-corrected chi connectivity index (χ4v) is 4.20. The van der Waals surface area contributed by atoms with Gasteiger partial charge in [0.25, 0.3) is 15.9 Å². The second kappa shape index (κ2) is 8.67. The zero-order valence-corrected chi connectivity index (χ0v) is 17.4. The zero-order valence-electron chi connectivity index (χ0n) is 16.6. The lowest BCUT2D eigenvalue weighted by molar-refractivity contribution is 0.102. The number of hydrogen-bond donors (Lipinski definition) is 2. The summed E-state index contributed by atoms with van der Waals surface area (Å²) in [6, 6.07) is 17.1. The summed E-state index contributed by atoms with van der Waals surface area (Å²) in [7, 11) is -3.90. The lowest BCUT2D eigenvalue weighted by Crippen LogP contribution is -2.25. The Hall–Kier alpha value is -3.92. The number of hydrogen-bond acceptors (Lipinski definition) is 5. The molecule has 3 aromatic rings. The highest BCUT2D eigenvalue weighted by Crippen LogP contribution is 2.28. The molecule has 10 heteroatoms. The smallest absolute Gasteiger partial charge is 0.414 e. The van der Waals surface area contributed by atoms with E-state index in [0.29, 0.717) is 17.9 Å². The SMILES string of the molecule is O=C(Nc1ccccc1N1CCOC1=O)c1ccc(NS(=O)(=O)c2ccc(F)cc2)cc1. The lowest BCUT2D eigenvalue weighted by atomic mass is 10.2. The number of rotatable bonds is 6. The van der Waals surface area contributed by atoms with Gasteiger partial charge in [-0.3, -0.25) is 14.4 Å². The number of benzene rings is 3. The van der Waals surface area contributed by atoms with Gasteiger partial charge in [0, 0.05) is 11.3 Å². The zero-order chi connectivity index (χ0) is 22.7. The van der Waals surface area contributed by atoms with Gasteiger partial charge in [0.2, 0.25) is 0 Å². The molecule has 0 atom stereocenters. The van der Waals surface area contributed by atoms with Gasteiger partial charge < -0.3 is 10.1 Å². The fraction of sp³-hybridized carbons (Fsp3) is 0.0909. The van der Waals surface area contributed by atoms with Crippen molar-refractivity contribution >= 4 is 39.1 Å². The highest BCUT2D eigenvalue weighted by atomic mass is 32.2. The van der Waals surface area contributed by atoms with Crippen LogP contribution in [0.25, 0.3) is 0 Å². The number of carbonyl (C=O) groups is 2. The first-order chi connectivity index (χ1) is 15.3. The van der Waals surface area contributed by atoms with Crippen molar-refractivity contribution in [2.75, 3.05) is 28.1 Å². The summed E-state index contributed by atoms with van der Waals surface area (Å²) in [4.78, 5) is 25.9. The lowest BCUT2D eigenvalue weighted by Gasteiger charge is -2.17. The minimum atomic E-state index is -3.90. The molecular formula is C22H18FN3O5S. The van der Waals surface area contributed by atoms with E-state index in [9.17, 15) is 22.4 Å². The van der Waals surface area contributed by atoms with E-state index in [4.69, 9.17) is 4.74 Å². The second-order valence-electron chi connectivity index (χ2n) is 6.87. The van der Waals surface area contributed by atoms with Crippen molar-refractivity contribution in [2.24, 2.45) is 0 Å². The molecule has 1 heterocycles. The Morgan fingerprint density at radius 3 is 2.31 bits per heavy atom. The number of nitrogens with one attached hydrogen (secondary N) is 2. The number of amides is 2. The number of halogens is 1. The Morgan fingerprint density at radius 2 is 1.66 bits per heavy atom. The van der Waals surface area contributed by atoms with E-state index in [-0.39, 0.29) is 22.8 Å². The predicted molar refractivity (Wildman–Crippen MR) is 117 cm³/mol. The number of sulfonamides is 1. The molecule has 2 N–H and O–H groups in total. The van der Waals surface area contributed by atoms with Crippen LogP contribution in [0.4, 0.5) is 26.2 Å². The van der Waals surface area contributed by atoms with Crippen molar-refractivity contribution in [3.05, 3.63) is 84.2 Å². The number of anilines is 3. The number of cyclic esters (lactones) is 1. The third-order valence-corrected chi connectivity index (χ3v) is 6.12. The van der Waals surface area contributed by atoms with Crippen LogP contribution in [-0.2, 0) is 14.8 Å². The van der Waals surface area contributed by atoms with Crippen molar-refractivity contribution in [3.8, 4) is 0 Å². The molecule has 0 saturated carbocycles. The molecule has 1 aliphatic rings. The number of carbonyl (C=O) groups excluding carboxylic acids is 2. The van der Waals surface area contributed by atoms with Crippen molar-refractivity contribution in [3.63, 3.8) is 0 Å². The van der Waals surface area contributed by atoms with E-state index in [2.05, 4.69) is 10.0 Å². The van der Waals surface area contributed by atoms with Crippen molar-refractivity contribution in [1.82, 2.24) is 0 Å². The molecule has 1 fully saturated rings. The fourth-order valence-electron chi connectivity index (χ4n) is 3.14. The first-order valence-corrected chi connectivity index (χ1v) is 11.0. The van der Waals surface area contributed by atoms with Crippen LogP contribution in [0.15, 0.2) is 77.7 Å². The second-order valence-corrected chi connectivity index (χ2v) is 8.56. The van der Waals surface area contributed by atoms with Crippen LogP contribution in [0.2, 0.25) is 0 Å². The topological polar surface area (TPSA) is 105 Å². The number of ether oxygens (including phenoxy) is 1. The molecule has 2 amide bonds. The Morgan fingerprint density at radius 1 is 0.969 bits per heavy atom. The van der Waals surface area contributed by atoms with Crippen LogP contribution < -0.4 is 14.9 Å². The molecule has 8 nitrogen and oxygen atoms in total. The Labute approximate surface area is 183 Å². The van der Waals surface area contributed by atoms with Crippen LogP contribution in [0.5, 0.6) is 0 Å². The molecule has 0 aromatic heterocycles. The van der Waals surface area contributed by atoms with Gasteiger partial charge in [-0.25, -0.2) is 17.6 Å². The summed E-state index contributed by atoms with van der Waals surface area (Å²) < 4.78 is 45.2. The first-order valence-electron chi connectivity index (χ1n) is 9.57. The minimum Gasteiger partial charge on any atom is -0.447 e. The Kier molecular flexibility index (Phi) is 5.78. The molecule has 3 aromatic carbocycles. The van der Waals surface area contributed by atoms with Crippen LogP contribution in [-0.4, -0.2) is 33.6 Å². The van der Waals surface area contributed by atoms with Gasteiger partial charge in [-0.15, -0.1) is 0 Å². The van der Waals surface area contributed by atoms with Gasteiger partial charge in [0.15, 0.2) is 0 Å². The van der Waals surface area contributed by atoms with E-state index >= 15 is 0 Å². The van der Waals surface area contributed by atoms with Gasteiger partial charge in [0.1, 0.15) is 12.4 Å². The first kappa shape index (κ1) is 21.3. The van der Waals surface area contributed by atoms with Crippen LogP contribution in [0.1, 0.15) is 10.4 Å². The molecule has 0 radical (unpaired) electrons. The van der Waals surface area contributed by atoms with Crippen molar-refractivity contribution in [1.29, 1.82) is 0 Å². The number of para-hydroxylation sites is 2. The van der Waals surface area contributed by atoms with E-state index in [1.807, 2.05) is 0 Å². The Bertz CT molecular complexity index is 1260. The summed E-state index contributed by atoms with van der Waals surface area (Å²) >= 11 is 0. The average molecular weight is 455 g/mol. The van der Waals surface area contributed by atoms with Gasteiger partial charge in [-0.1, -0.05) is 12.1 Å². The highest BCUT2D eigenvalue weighted by molar-refractivity contribution is 7.92. The van der Waals surface area contributed by atoms with Gasteiger partial charge in [-0.05, 0) is 60.7 Å². The summed E-state index contributed by atoms with van der Waals surface area (Å²) in [5.41, 5.74) is 1.49. The van der Waals surface area contributed by atoms with Gasteiger partial charge >= 0.3 is 6.09 Å². The molecular weight excluding hydrogens is 437 g/mol. The van der Waals surface area contributed by atoms with Crippen LogP contribution >= 0.6 is 0 Å².